The molecule has 4 nitrogen and oxygen atoms in total. The van der Waals surface area contributed by atoms with Crippen LogP contribution in [0.25, 0.3) is 0 Å². The highest BCUT2D eigenvalue weighted by atomic mass is 35.5. The van der Waals surface area contributed by atoms with Crippen molar-refractivity contribution in [1.29, 1.82) is 0 Å². The zero-order valence-electron chi connectivity index (χ0n) is 18.5. The van der Waals surface area contributed by atoms with Crippen molar-refractivity contribution in [2.24, 2.45) is 17.8 Å². The fourth-order valence-corrected chi connectivity index (χ4v) is 5.47. The summed E-state index contributed by atoms with van der Waals surface area (Å²) in [7, 11) is 0. The predicted molar refractivity (Wildman–Crippen MR) is 133 cm³/mol. The molecule has 2 aliphatic rings. The average molecular weight is 506 g/mol. The molecule has 174 valence electrons. The lowest BCUT2D eigenvalue weighted by molar-refractivity contribution is -0.135. The smallest absolute Gasteiger partial charge is 0.225 e. The first kappa shape index (κ1) is 24.2. The second-order valence-electron chi connectivity index (χ2n) is 9.04. The minimum Gasteiger partial charge on any atom is -0.474 e. The van der Waals surface area contributed by atoms with Crippen molar-refractivity contribution < 1.29 is 9.53 Å². The minimum atomic E-state index is -0.173. The lowest BCUT2D eigenvalue weighted by Crippen LogP contribution is -2.37. The summed E-state index contributed by atoms with van der Waals surface area (Å²) in [5, 5.41) is 1.59. The summed E-state index contributed by atoms with van der Waals surface area (Å²) >= 11 is 18.4. The lowest BCUT2D eigenvalue weighted by Gasteiger charge is -2.29. The van der Waals surface area contributed by atoms with Crippen LogP contribution in [0.4, 0.5) is 0 Å². The summed E-state index contributed by atoms with van der Waals surface area (Å²) in [6.45, 7) is 3.27. The van der Waals surface area contributed by atoms with E-state index >= 15 is 0 Å². The van der Waals surface area contributed by atoms with Crippen LogP contribution in [0.1, 0.15) is 44.1 Å². The van der Waals surface area contributed by atoms with E-state index < -0.39 is 0 Å². The van der Waals surface area contributed by atoms with Gasteiger partial charge >= 0.3 is 0 Å². The number of carbonyl (C=O) groups is 1. The van der Waals surface area contributed by atoms with Crippen LogP contribution in [-0.2, 0) is 4.79 Å². The summed E-state index contributed by atoms with van der Waals surface area (Å²) in [5.74, 6) is 4.06. The maximum Gasteiger partial charge on any atom is 0.225 e. The Morgan fingerprint density at radius 2 is 1.88 bits per heavy atom. The molecule has 0 spiro atoms. The number of hydrogen-bond acceptors (Lipinski definition) is 3. The van der Waals surface area contributed by atoms with Crippen molar-refractivity contribution in [2.75, 3.05) is 13.1 Å². The topological polar surface area (TPSA) is 42.4 Å². The molecule has 0 radical (unpaired) electrons. The van der Waals surface area contributed by atoms with E-state index in [0.29, 0.717) is 40.0 Å². The number of ether oxygens (including phenoxy) is 1. The van der Waals surface area contributed by atoms with Gasteiger partial charge in [-0.2, -0.15) is 0 Å². The van der Waals surface area contributed by atoms with Gasteiger partial charge in [0.15, 0.2) is 0 Å². The summed E-state index contributed by atoms with van der Waals surface area (Å²) < 4.78 is 6.17. The van der Waals surface area contributed by atoms with Gasteiger partial charge in [-0.3, -0.25) is 4.79 Å². The van der Waals surface area contributed by atoms with Gasteiger partial charge in [0.2, 0.25) is 11.8 Å². The van der Waals surface area contributed by atoms with Crippen molar-refractivity contribution in [3.63, 3.8) is 0 Å². The van der Waals surface area contributed by atoms with E-state index in [2.05, 4.69) is 10.9 Å². The van der Waals surface area contributed by atoms with E-state index in [1.807, 2.05) is 30.0 Å². The molecule has 2 heterocycles. The zero-order valence-corrected chi connectivity index (χ0v) is 20.8. The van der Waals surface area contributed by atoms with Gasteiger partial charge in [-0.25, -0.2) is 4.98 Å². The number of amides is 1. The Kier molecular flexibility index (Phi) is 7.74. The van der Waals surface area contributed by atoms with Crippen molar-refractivity contribution in [3.05, 3.63) is 57.2 Å². The van der Waals surface area contributed by atoms with Gasteiger partial charge < -0.3 is 9.64 Å². The summed E-state index contributed by atoms with van der Waals surface area (Å²) in [5.41, 5.74) is 1.06. The van der Waals surface area contributed by atoms with Gasteiger partial charge in [-0.05, 0) is 56.4 Å². The number of likely N-dealkylation sites (tertiary alicyclic amines) is 1. The Balaban J connectivity index is 1.54. The maximum atomic E-state index is 13.4. The first-order chi connectivity index (χ1) is 15.9. The van der Waals surface area contributed by atoms with Crippen molar-refractivity contribution in [2.45, 2.75) is 44.6 Å². The summed E-state index contributed by atoms with van der Waals surface area (Å²) in [6.07, 6.45) is 10.5. The number of hydrogen-bond donors (Lipinski definition) is 0. The van der Waals surface area contributed by atoms with Gasteiger partial charge in [-0.1, -0.05) is 40.9 Å². The van der Waals surface area contributed by atoms with E-state index in [-0.39, 0.29) is 29.8 Å². The molecule has 1 aliphatic carbocycles. The van der Waals surface area contributed by atoms with E-state index in [0.717, 1.165) is 31.2 Å². The van der Waals surface area contributed by atoms with Crippen molar-refractivity contribution in [1.82, 2.24) is 9.88 Å². The minimum absolute atomic E-state index is 0.0389. The van der Waals surface area contributed by atoms with Crippen LogP contribution in [0.3, 0.4) is 0 Å². The van der Waals surface area contributed by atoms with Crippen LogP contribution in [-0.4, -0.2) is 35.0 Å². The first-order valence-electron chi connectivity index (χ1n) is 11.3. The highest BCUT2D eigenvalue weighted by Crippen LogP contribution is 2.40. The van der Waals surface area contributed by atoms with Crippen LogP contribution < -0.4 is 4.74 Å². The van der Waals surface area contributed by atoms with E-state index in [9.17, 15) is 4.79 Å². The molecule has 33 heavy (non-hydrogen) atoms. The third-order valence-electron chi connectivity index (χ3n) is 6.97. The number of carbonyl (C=O) groups excluding carboxylic acids is 1. The lowest BCUT2D eigenvalue weighted by atomic mass is 9.82. The maximum absolute atomic E-state index is 13.4. The van der Waals surface area contributed by atoms with Crippen molar-refractivity contribution in [3.8, 4) is 18.2 Å². The quantitative estimate of drug-likeness (QED) is 0.436. The molecule has 7 heteroatoms. The number of halogens is 3. The predicted octanol–water partition coefficient (Wildman–Crippen LogP) is 6.49. The highest BCUT2D eigenvalue weighted by molar-refractivity contribution is 6.42. The number of nitrogens with zero attached hydrogens (tertiary/aromatic N) is 2. The molecule has 0 unspecified atom stereocenters. The molecule has 3 atom stereocenters. The number of benzene rings is 1. The molecule has 2 fully saturated rings. The first-order valence-corrected chi connectivity index (χ1v) is 12.5. The van der Waals surface area contributed by atoms with Gasteiger partial charge in [0.25, 0.3) is 0 Å². The van der Waals surface area contributed by atoms with E-state index in [4.69, 9.17) is 46.0 Å². The molecule has 2 aromatic rings. The molecular weight excluding hydrogens is 479 g/mol. The Hall–Kier alpha value is -1.93. The molecular formula is C26H27Cl3N2O2. The number of pyridine rings is 1. The van der Waals surface area contributed by atoms with Gasteiger partial charge in [0.05, 0.1) is 15.1 Å². The van der Waals surface area contributed by atoms with Crippen LogP contribution in [0.15, 0.2) is 36.5 Å². The van der Waals surface area contributed by atoms with Crippen LogP contribution in [0.5, 0.6) is 5.88 Å². The molecule has 1 saturated heterocycles. The number of terminal acetylenes is 1. The second kappa shape index (κ2) is 10.6. The Labute approximate surface area is 210 Å². The van der Waals surface area contributed by atoms with E-state index in [1.165, 1.54) is 0 Å². The van der Waals surface area contributed by atoms with Crippen LogP contribution >= 0.6 is 34.8 Å². The average Bonchev–Trinajstić information content (AvgIpc) is 3.27. The molecule has 4 rings (SSSR count). The Bertz CT molecular complexity index is 1030. The number of rotatable bonds is 5. The van der Waals surface area contributed by atoms with Gasteiger partial charge in [0.1, 0.15) is 6.10 Å². The third-order valence-corrected chi connectivity index (χ3v) is 7.93. The Morgan fingerprint density at radius 1 is 1.12 bits per heavy atom. The normalized spacial score (nSPS) is 26.0. The summed E-state index contributed by atoms with van der Waals surface area (Å²) in [4.78, 5) is 19.7. The van der Waals surface area contributed by atoms with Crippen LogP contribution in [0, 0.1) is 30.1 Å². The SMILES string of the molecule is C#C[C@H]1CC[C@H](C(=O)N2C[C@H]([C@H](C)Oc3ccc(Cl)cn3)[C@@H](c3ccc(Cl)c(Cl)c3)C2)CC1. The second-order valence-corrected chi connectivity index (χ2v) is 10.3. The van der Waals surface area contributed by atoms with Gasteiger partial charge in [-0.15, -0.1) is 12.3 Å². The van der Waals surface area contributed by atoms with E-state index in [1.54, 1.807) is 18.3 Å². The fourth-order valence-electron chi connectivity index (χ4n) is 5.06. The molecule has 1 saturated carbocycles. The molecule has 1 aromatic heterocycles. The fraction of sp³-hybridized carbons (Fsp3) is 0.462. The molecule has 1 amide bonds. The summed E-state index contributed by atoms with van der Waals surface area (Å²) in [6, 6.07) is 9.22. The molecule has 1 aromatic carbocycles. The van der Waals surface area contributed by atoms with Gasteiger partial charge in [0, 0.05) is 49.0 Å². The Morgan fingerprint density at radius 3 is 2.52 bits per heavy atom. The van der Waals surface area contributed by atoms with Crippen molar-refractivity contribution >= 4 is 40.7 Å². The number of aromatic nitrogens is 1. The standard InChI is InChI=1S/C26H27Cl3N2O2/c1-3-17-4-6-18(7-5-17)26(32)31-14-21(16(2)33-25-11-9-20(27)13-30-25)22(15-31)19-8-10-23(28)24(29)12-19/h1,8-13,16-18,21-22H,4-7,14-15H2,2H3/t16-,17-,18-,21+,22+/m0/s1. The monoisotopic (exact) mass is 504 g/mol. The molecule has 0 bridgehead atoms. The van der Waals surface area contributed by atoms with Crippen LogP contribution in [0.2, 0.25) is 15.1 Å². The highest BCUT2D eigenvalue weighted by Gasteiger charge is 2.42. The zero-order chi connectivity index (χ0) is 23.5. The molecule has 1 aliphatic heterocycles. The molecule has 0 N–H and O–H groups in total. The third kappa shape index (κ3) is 5.60. The largest absolute Gasteiger partial charge is 0.474 e.